The molecule has 0 radical (unpaired) electrons. The van der Waals surface area contributed by atoms with Gasteiger partial charge < -0.3 is 20.4 Å². The number of guanidine groups is 1. The molecule has 28 heavy (non-hydrogen) atoms. The number of hydrogen-bond acceptors (Lipinski definition) is 3. The van der Waals surface area contributed by atoms with E-state index in [0.29, 0.717) is 11.9 Å². The van der Waals surface area contributed by atoms with Gasteiger partial charge in [-0.15, -0.1) is 24.0 Å². The molecule has 0 aromatic heterocycles. The second kappa shape index (κ2) is 12.2. The van der Waals surface area contributed by atoms with E-state index in [1.807, 2.05) is 0 Å². The van der Waals surface area contributed by atoms with Crippen molar-refractivity contribution in [1.29, 1.82) is 0 Å². The summed E-state index contributed by atoms with van der Waals surface area (Å²) < 4.78 is 0. The van der Waals surface area contributed by atoms with E-state index in [-0.39, 0.29) is 29.9 Å². The fraction of sp³-hybridized carbons (Fsp3) is 0.905. The minimum atomic E-state index is 0. The lowest BCUT2D eigenvalue weighted by Crippen LogP contribution is -2.45. The smallest absolute Gasteiger partial charge is 0.225 e. The van der Waals surface area contributed by atoms with Gasteiger partial charge in [0.25, 0.3) is 0 Å². The largest absolute Gasteiger partial charge is 0.357 e. The van der Waals surface area contributed by atoms with Gasteiger partial charge in [-0.3, -0.25) is 9.79 Å². The third kappa shape index (κ3) is 7.04. The molecule has 2 heterocycles. The van der Waals surface area contributed by atoms with Gasteiger partial charge in [0.2, 0.25) is 5.91 Å². The highest BCUT2D eigenvalue weighted by atomic mass is 127. The van der Waals surface area contributed by atoms with Crippen LogP contribution in [0.4, 0.5) is 0 Å². The standard InChI is InChI=1S/C21H39N5O.HI/c1-3-22-21(23-11-15-25-12-8-17(2)9-13-25)24-19-10-14-26(16-19)20(27)18-6-4-5-7-18;/h17-19H,3-16H2,1-2H3,(H2,22,23,24);1H. The summed E-state index contributed by atoms with van der Waals surface area (Å²) >= 11 is 0. The number of halogens is 1. The Balaban J connectivity index is 0.00000280. The van der Waals surface area contributed by atoms with Crippen LogP contribution in [0.25, 0.3) is 0 Å². The summed E-state index contributed by atoms with van der Waals surface area (Å²) in [6.45, 7) is 11.3. The summed E-state index contributed by atoms with van der Waals surface area (Å²) in [6.07, 6.45) is 8.27. The quantitative estimate of drug-likeness (QED) is 0.331. The fourth-order valence-electron chi connectivity index (χ4n) is 4.61. The molecule has 0 aromatic rings. The van der Waals surface area contributed by atoms with Crippen molar-refractivity contribution in [2.24, 2.45) is 16.8 Å². The lowest BCUT2D eigenvalue weighted by molar-refractivity contribution is -0.134. The van der Waals surface area contributed by atoms with Crippen LogP contribution in [0, 0.1) is 11.8 Å². The molecule has 0 bridgehead atoms. The monoisotopic (exact) mass is 505 g/mol. The van der Waals surface area contributed by atoms with Gasteiger partial charge in [-0.2, -0.15) is 0 Å². The maximum absolute atomic E-state index is 12.6. The van der Waals surface area contributed by atoms with Gasteiger partial charge in [0.15, 0.2) is 5.96 Å². The van der Waals surface area contributed by atoms with Crippen LogP contribution in [0.5, 0.6) is 0 Å². The van der Waals surface area contributed by atoms with Crippen molar-refractivity contribution in [3.63, 3.8) is 0 Å². The molecule has 0 spiro atoms. The Hall–Kier alpha value is -0.570. The van der Waals surface area contributed by atoms with Gasteiger partial charge in [-0.25, -0.2) is 0 Å². The number of likely N-dealkylation sites (tertiary alicyclic amines) is 2. The summed E-state index contributed by atoms with van der Waals surface area (Å²) in [7, 11) is 0. The number of carbonyl (C=O) groups is 1. The summed E-state index contributed by atoms with van der Waals surface area (Å²) in [5.41, 5.74) is 0. The van der Waals surface area contributed by atoms with Crippen LogP contribution in [-0.2, 0) is 4.79 Å². The number of piperidine rings is 1. The molecular weight excluding hydrogens is 465 g/mol. The van der Waals surface area contributed by atoms with Crippen LogP contribution in [-0.4, -0.2) is 73.5 Å². The molecular formula is C21H40IN5O. The number of amides is 1. The molecule has 162 valence electrons. The van der Waals surface area contributed by atoms with E-state index in [1.54, 1.807) is 0 Å². The lowest BCUT2D eigenvalue weighted by Gasteiger charge is -2.29. The predicted molar refractivity (Wildman–Crippen MR) is 126 cm³/mol. The molecule has 1 atom stereocenters. The van der Waals surface area contributed by atoms with Crippen molar-refractivity contribution in [2.75, 3.05) is 45.8 Å². The van der Waals surface area contributed by atoms with Crippen LogP contribution in [0.2, 0.25) is 0 Å². The summed E-state index contributed by atoms with van der Waals surface area (Å²) in [4.78, 5) is 22.0. The van der Waals surface area contributed by atoms with Gasteiger partial charge in [0.05, 0.1) is 6.54 Å². The molecule has 2 N–H and O–H groups in total. The molecule has 6 nitrogen and oxygen atoms in total. The number of hydrogen-bond donors (Lipinski definition) is 2. The van der Waals surface area contributed by atoms with E-state index < -0.39 is 0 Å². The highest BCUT2D eigenvalue weighted by Crippen LogP contribution is 2.27. The lowest BCUT2D eigenvalue weighted by atomic mass is 9.99. The molecule has 2 saturated heterocycles. The Morgan fingerprint density at radius 2 is 1.79 bits per heavy atom. The second-order valence-electron chi connectivity index (χ2n) is 8.68. The Labute approximate surface area is 188 Å². The van der Waals surface area contributed by atoms with E-state index in [1.165, 1.54) is 38.8 Å². The number of nitrogens with zero attached hydrogens (tertiary/aromatic N) is 3. The van der Waals surface area contributed by atoms with Crippen molar-refractivity contribution in [3.8, 4) is 0 Å². The van der Waals surface area contributed by atoms with E-state index >= 15 is 0 Å². The Morgan fingerprint density at radius 3 is 2.46 bits per heavy atom. The molecule has 1 unspecified atom stereocenters. The maximum atomic E-state index is 12.6. The van der Waals surface area contributed by atoms with Crippen LogP contribution >= 0.6 is 24.0 Å². The van der Waals surface area contributed by atoms with Crippen LogP contribution in [0.1, 0.15) is 58.8 Å². The first-order valence-corrected chi connectivity index (χ1v) is 11.2. The number of carbonyl (C=O) groups excluding carboxylic acids is 1. The third-order valence-corrected chi connectivity index (χ3v) is 6.45. The van der Waals surface area contributed by atoms with Crippen molar-refractivity contribution < 1.29 is 4.79 Å². The van der Waals surface area contributed by atoms with Crippen molar-refractivity contribution in [3.05, 3.63) is 0 Å². The minimum absolute atomic E-state index is 0. The van der Waals surface area contributed by atoms with Gasteiger partial charge >= 0.3 is 0 Å². The molecule has 1 saturated carbocycles. The average molecular weight is 505 g/mol. The summed E-state index contributed by atoms with van der Waals surface area (Å²) in [5.74, 6) is 2.46. The second-order valence-corrected chi connectivity index (χ2v) is 8.68. The molecule has 1 aliphatic carbocycles. The highest BCUT2D eigenvalue weighted by Gasteiger charge is 2.32. The number of nitrogens with one attached hydrogen (secondary N) is 2. The zero-order valence-corrected chi connectivity index (χ0v) is 20.1. The van der Waals surface area contributed by atoms with Gasteiger partial charge in [0.1, 0.15) is 0 Å². The van der Waals surface area contributed by atoms with Gasteiger partial charge in [0, 0.05) is 38.1 Å². The third-order valence-electron chi connectivity index (χ3n) is 6.45. The summed E-state index contributed by atoms with van der Waals surface area (Å²) in [6, 6.07) is 0.323. The zero-order chi connectivity index (χ0) is 19.1. The van der Waals surface area contributed by atoms with Gasteiger partial charge in [-0.1, -0.05) is 19.8 Å². The summed E-state index contributed by atoms with van der Waals surface area (Å²) in [5, 5.41) is 6.93. The van der Waals surface area contributed by atoms with E-state index in [4.69, 9.17) is 4.99 Å². The molecule has 7 heteroatoms. The van der Waals surface area contributed by atoms with Gasteiger partial charge in [-0.05, 0) is 58.0 Å². The Bertz CT molecular complexity index is 501. The van der Waals surface area contributed by atoms with Crippen molar-refractivity contribution in [1.82, 2.24) is 20.4 Å². The van der Waals surface area contributed by atoms with Crippen LogP contribution in [0.3, 0.4) is 0 Å². The fourth-order valence-corrected chi connectivity index (χ4v) is 4.61. The van der Waals surface area contributed by atoms with Crippen molar-refractivity contribution in [2.45, 2.75) is 64.8 Å². The van der Waals surface area contributed by atoms with Crippen LogP contribution in [0.15, 0.2) is 4.99 Å². The first-order chi connectivity index (χ1) is 13.2. The molecule has 1 amide bonds. The SMILES string of the molecule is CCNC(=NCCN1CCC(C)CC1)NC1CCN(C(=O)C2CCCC2)C1.I. The molecule has 3 rings (SSSR count). The van der Waals surface area contributed by atoms with Crippen molar-refractivity contribution >= 4 is 35.8 Å². The zero-order valence-electron chi connectivity index (χ0n) is 17.8. The van der Waals surface area contributed by atoms with E-state index in [2.05, 4.69) is 34.3 Å². The minimum Gasteiger partial charge on any atom is -0.357 e. The molecule has 0 aromatic carbocycles. The molecule has 2 aliphatic heterocycles. The molecule has 3 aliphatic rings. The first-order valence-electron chi connectivity index (χ1n) is 11.2. The maximum Gasteiger partial charge on any atom is 0.225 e. The van der Waals surface area contributed by atoms with E-state index in [0.717, 1.165) is 63.9 Å². The average Bonchev–Trinajstić information content (AvgIpc) is 3.35. The number of rotatable bonds is 6. The predicted octanol–water partition coefficient (Wildman–Crippen LogP) is 2.68. The first kappa shape index (κ1) is 23.7. The molecule has 3 fully saturated rings. The Morgan fingerprint density at radius 1 is 1.07 bits per heavy atom. The normalized spacial score (nSPS) is 25.0. The highest BCUT2D eigenvalue weighted by molar-refractivity contribution is 14.0. The number of aliphatic imine (C=N–C) groups is 1. The Kier molecular flexibility index (Phi) is 10.3. The topological polar surface area (TPSA) is 60.0 Å². The van der Waals surface area contributed by atoms with E-state index in [9.17, 15) is 4.79 Å². The van der Waals surface area contributed by atoms with Crippen LogP contribution < -0.4 is 10.6 Å².